The molecule has 0 spiro atoms. The molecule has 7 nitrogen and oxygen atoms in total. The van der Waals surface area contributed by atoms with E-state index >= 15 is 0 Å². The lowest BCUT2D eigenvalue weighted by Crippen LogP contribution is -2.56. The van der Waals surface area contributed by atoms with Gasteiger partial charge in [-0.3, -0.25) is 20.2 Å². The van der Waals surface area contributed by atoms with Crippen molar-refractivity contribution < 1.29 is 14.8 Å². The minimum Gasteiger partial charge on any atom is -0.285 e. The summed E-state index contributed by atoms with van der Waals surface area (Å²) < 4.78 is 0. The maximum absolute atomic E-state index is 13.6. The molecule has 167 valence electrons. The lowest BCUT2D eigenvalue weighted by atomic mass is 9.78. The fourth-order valence-corrected chi connectivity index (χ4v) is 4.09. The maximum Gasteiger partial charge on any atom is 0.352 e. The fraction of sp³-hybridized carbons (Fsp3) is 0.375. The van der Waals surface area contributed by atoms with Gasteiger partial charge >= 0.3 is 7.41 Å². The molecule has 0 aromatic heterocycles. The van der Waals surface area contributed by atoms with E-state index in [-0.39, 0.29) is 17.4 Å². The molecule has 3 rings (SSSR count). The molecule has 0 fully saturated rings. The number of nitrogens with one attached hydrogen (secondary N) is 1. The molecule has 2 amide bonds. The Morgan fingerprint density at radius 1 is 1.12 bits per heavy atom. The van der Waals surface area contributed by atoms with Crippen molar-refractivity contribution in [1.82, 2.24) is 15.5 Å². The molecule has 2 aromatic rings. The topological polar surface area (TPSA) is 85.2 Å². The number of carbonyl (C=O) groups excluding carboxylic acids is 2. The van der Waals surface area contributed by atoms with Crippen LogP contribution in [0.25, 0.3) is 0 Å². The van der Waals surface area contributed by atoms with E-state index in [2.05, 4.69) is 31.3 Å². The first-order valence-electron chi connectivity index (χ1n) is 10.7. The van der Waals surface area contributed by atoms with E-state index < -0.39 is 5.91 Å². The predicted molar refractivity (Wildman–Crippen MR) is 126 cm³/mol. The third kappa shape index (κ3) is 5.19. The maximum atomic E-state index is 13.6. The summed E-state index contributed by atoms with van der Waals surface area (Å²) >= 11 is 0. The molecule has 2 aromatic carbocycles. The Morgan fingerprint density at radius 3 is 2.38 bits per heavy atom. The minimum absolute atomic E-state index is 0.218. The van der Waals surface area contributed by atoms with E-state index in [1.807, 2.05) is 39.0 Å². The van der Waals surface area contributed by atoms with Crippen molar-refractivity contribution in [2.24, 2.45) is 10.5 Å². The molecule has 0 saturated carbocycles. The number of benzene rings is 2. The van der Waals surface area contributed by atoms with Gasteiger partial charge in [-0.05, 0) is 54.9 Å². The number of amides is 2. The number of hydrogen-bond acceptors (Lipinski definition) is 5. The van der Waals surface area contributed by atoms with Gasteiger partial charge in [0.2, 0.25) is 0 Å². The van der Waals surface area contributed by atoms with Gasteiger partial charge in [0.05, 0.1) is 12.3 Å². The number of hydrazine groups is 1. The highest BCUT2D eigenvalue weighted by Gasteiger charge is 2.34. The first kappa shape index (κ1) is 23.5. The molecule has 0 bridgehead atoms. The van der Waals surface area contributed by atoms with E-state index in [0.717, 1.165) is 16.7 Å². The van der Waals surface area contributed by atoms with Crippen LogP contribution < -0.4 is 10.9 Å². The molecular weight excluding hydrogens is 403 g/mol. The number of hydrogen-bond donors (Lipinski definition) is 2. The second kappa shape index (κ2) is 9.16. The molecule has 1 aliphatic heterocycles. The summed E-state index contributed by atoms with van der Waals surface area (Å²) in [7, 11) is 1.43. The zero-order chi connectivity index (χ0) is 23.6. The van der Waals surface area contributed by atoms with Crippen LogP contribution in [0.15, 0.2) is 41.5 Å². The fourth-order valence-electron chi connectivity index (χ4n) is 4.09. The van der Waals surface area contributed by atoms with E-state index in [4.69, 9.17) is 0 Å². The number of fused-ring (bicyclic) bond motifs is 1. The van der Waals surface area contributed by atoms with Crippen molar-refractivity contribution in [2.75, 3.05) is 0 Å². The van der Waals surface area contributed by atoms with Gasteiger partial charge in [-0.2, -0.15) is 5.10 Å². The lowest BCUT2D eigenvalue weighted by molar-refractivity contribution is 0.00431. The van der Waals surface area contributed by atoms with Crippen LogP contribution in [0, 0.1) is 19.3 Å². The zero-order valence-electron chi connectivity index (χ0n) is 19.5. The van der Waals surface area contributed by atoms with E-state index in [1.54, 1.807) is 18.2 Å². The first-order valence-corrected chi connectivity index (χ1v) is 10.7. The third-order valence-corrected chi connectivity index (χ3v) is 5.53. The van der Waals surface area contributed by atoms with Gasteiger partial charge in [-0.1, -0.05) is 57.0 Å². The Balaban J connectivity index is 1.95. The molecule has 32 heavy (non-hydrogen) atoms. The summed E-state index contributed by atoms with van der Waals surface area (Å²) in [5.74, 6) is -0.640. The van der Waals surface area contributed by atoms with Crippen LogP contribution in [0.1, 0.15) is 71.5 Å². The largest absolute Gasteiger partial charge is 0.352 e. The van der Waals surface area contributed by atoms with Gasteiger partial charge in [0, 0.05) is 11.1 Å². The number of nitrogens with zero attached hydrogens (tertiary/aromatic N) is 3. The van der Waals surface area contributed by atoms with Gasteiger partial charge in [-0.25, -0.2) is 10.1 Å². The molecule has 1 aliphatic rings. The van der Waals surface area contributed by atoms with Gasteiger partial charge < -0.3 is 0 Å². The van der Waals surface area contributed by atoms with Crippen molar-refractivity contribution in [1.29, 1.82) is 0 Å². The van der Waals surface area contributed by atoms with Crippen molar-refractivity contribution in [2.45, 2.75) is 54.0 Å². The predicted octanol–water partition coefficient (Wildman–Crippen LogP) is 3.20. The summed E-state index contributed by atoms with van der Waals surface area (Å²) in [6.07, 6.45) is 2.19. The summed E-state index contributed by atoms with van der Waals surface area (Å²) in [5.41, 5.74) is 6.96. The average Bonchev–Trinajstić information content (AvgIpc) is 2.70. The Hall–Kier alpha value is -3.13. The molecule has 1 atom stereocenters. The van der Waals surface area contributed by atoms with Gasteiger partial charge in [0.15, 0.2) is 0 Å². The van der Waals surface area contributed by atoms with E-state index in [0.29, 0.717) is 28.1 Å². The summed E-state index contributed by atoms with van der Waals surface area (Å²) in [6, 6.07) is 10.6. The molecule has 1 heterocycles. The highest BCUT2D eigenvalue weighted by molar-refractivity contribution is 6.53. The van der Waals surface area contributed by atoms with Crippen molar-refractivity contribution in [3.63, 3.8) is 0 Å². The Morgan fingerprint density at radius 2 is 1.78 bits per heavy atom. The number of rotatable bonds is 4. The Labute approximate surface area is 190 Å². The minimum atomic E-state index is -0.395. The zero-order valence-corrected chi connectivity index (χ0v) is 19.5. The van der Waals surface area contributed by atoms with Crippen LogP contribution in [0.5, 0.6) is 0 Å². The highest BCUT2D eigenvalue weighted by Crippen LogP contribution is 2.27. The van der Waals surface area contributed by atoms with E-state index in [1.165, 1.54) is 18.6 Å². The summed E-state index contributed by atoms with van der Waals surface area (Å²) in [4.78, 5) is 26.8. The SMILES string of the molecule is CC[C@@H](N(NC(=O)c1ccc2c(c1)[B]N(O)N=C2)C(=O)c1cc(C)cc(C)c1)C(C)(C)C. The van der Waals surface area contributed by atoms with Crippen LogP contribution in [0.3, 0.4) is 0 Å². The standard InChI is InChI=1S/C24H30BN4O3/c1-7-21(24(4,5)6)28(23(31)19-11-15(2)10-16(3)12-19)27-22(30)17-8-9-18-14-26-29(32)25-20(18)13-17/h8-14,21,32H,7H2,1-6H3,(H,27,30)/t21-/m1/s1. The van der Waals surface area contributed by atoms with Crippen LogP contribution in [0.4, 0.5) is 0 Å². The highest BCUT2D eigenvalue weighted by atomic mass is 16.5. The molecule has 0 unspecified atom stereocenters. The Kier molecular flexibility index (Phi) is 6.74. The van der Waals surface area contributed by atoms with Crippen molar-refractivity contribution in [3.05, 3.63) is 64.2 Å². The second-order valence-corrected chi connectivity index (χ2v) is 9.32. The van der Waals surface area contributed by atoms with Crippen LogP contribution in [0.2, 0.25) is 0 Å². The molecule has 0 saturated heterocycles. The number of hydrazone groups is 1. The quantitative estimate of drug-likeness (QED) is 0.573. The van der Waals surface area contributed by atoms with Gasteiger partial charge in [0.1, 0.15) is 0 Å². The molecular formula is C24H30BN4O3. The Bertz CT molecular complexity index is 1040. The average molecular weight is 433 g/mol. The van der Waals surface area contributed by atoms with Crippen molar-refractivity contribution in [3.8, 4) is 0 Å². The number of aryl methyl sites for hydroxylation is 2. The van der Waals surface area contributed by atoms with Crippen LogP contribution >= 0.6 is 0 Å². The summed E-state index contributed by atoms with van der Waals surface area (Å²) in [6.45, 7) is 12.1. The van der Waals surface area contributed by atoms with Gasteiger partial charge in [0.25, 0.3) is 11.8 Å². The van der Waals surface area contributed by atoms with Crippen LogP contribution in [-0.2, 0) is 0 Å². The summed E-state index contributed by atoms with van der Waals surface area (Å²) in [5, 5.41) is 15.5. The number of carbonyl (C=O) groups is 2. The monoisotopic (exact) mass is 433 g/mol. The molecule has 2 N–H and O–H groups in total. The molecule has 8 heteroatoms. The molecule has 1 radical (unpaired) electrons. The lowest BCUT2D eigenvalue weighted by Gasteiger charge is -2.39. The molecule has 0 aliphatic carbocycles. The normalized spacial score (nSPS) is 13.8. The van der Waals surface area contributed by atoms with Crippen molar-refractivity contribution >= 4 is 30.9 Å². The third-order valence-electron chi connectivity index (χ3n) is 5.53. The second-order valence-electron chi connectivity index (χ2n) is 9.32. The smallest absolute Gasteiger partial charge is 0.285 e. The van der Waals surface area contributed by atoms with E-state index in [9.17, 15) is 14.8 Å². The van der Waals surface area contributed by atoms with Gasteiger partial charge in [-0.15, -0.1) is 0 Å². The first-order chi connectivity index (χ1) is 15.0. The van der Waals surface area contributed by atoms with Crippen LogP contribution in [-0.4, -0.2) is 46.8 Å².